The van der Waals surface area contributed by atoms with Gasteiger partial charge in [-0.2, -0.15) is 0 Å². The number of carbonyl (C=O) groups excluding carboxylic acids is 2. The average Bonchev–Trinajstić information content (AvgIpc) is 2.42. The fraction of sp³-hybridized carbons (Fsp3) is 0.812. The molecule has 0 bridgehead atoms. The summed E-state index contributed by atoms with van der Waals surface area (Å²) in [5.41, 5.74) is -0.626. The number of aliphatic carboxylic acids is 1. The molecule has 1 unspecified atom stereocenters. The summed E-state index contributed by atoms with van der Waals surface area (Å²) in [6.45, 7) is 7.52. The quantitative estimate of drug-likeness (QED) is 0.516. The second-order valence-electron chi connectivity index (χ2n) is 6.35. The molecule has 7 heteroatoms. The first kappa shape index (κ1) is 21.2. The third-order valence-electron chi connectivity index (χ3n) is 3.11. The third-order valence-corrected chi connectivity index (χ3v) is 3.11. The first-order valence-electron chi connectivity index (χ1n) is 7.91. The van der Waals surface area contributed by atoms with Gasteiger partial charge in [-0.25, -0.2) is 9.59 Å². The fourth-order valence-electron chi connectivity index (χ4n) is 2.08. The van der Waals surface area contributed by atoms with Crippen LogP contribution in [0.15, 0.2) is 0 Å². The Kier molecular flexibility index (Phi) is 9.29. The second kappa shape index (κ2) is 10.1. The number of carbonyl (C=O) groups is 3. The van der Waals surface area contributed by atoms with E-state index < -0.39 is 29.7 Å². The molecule has 0 spiro atoms. The van der Waals surface area contributed by atoms with Gasteiger partial charge in [0.05, 0.1) is 7.11 Å². The van der Waals surface area contributed by atoms with Crippen molar-refractivity contribution in [2.45, 2.75) is 71.4 Å². The van der Waals surface area contributed by atoms with Crippen molar-refractivity contribution in [3.8, 4) is 0 Å². The molecule has 1 N–H and O–H groups in total. The summed E-state index contributed by atoms with van der Waals surface area (Å²) in [7, 11) is 1.21. The van der Waals surface area contributed by atoms with Crippen LogP contribution in [0.5, 0.6) is 0 Å². The van der Waals surface area contributed by atoms with Crippen LogP contribution in [0.4, 0.5) is 4.79 Å². The molecule has 0 aromatic carbocycles. The molecule has 7 nitrogen and oxygen atoms in total. The zero-order valence-corrected chi connectivity index (χ0v) is 14.8. The summed E-state index contributed by atoms with van der Waals surface area (Å²) in [4.78, 5) is 36.3. The third kappa shape index (κ3) is 9.05. The smallest absolute Gasteiger partial charge is 0.410 e. The zero-order chi connectivity index (χ0) is 18.0. The van der Waals surface area contributed by atoms with Crippen molar-refractivity contribution < 1.29 is 29.0 Å². The molecule has 0 saturated heterocycles. The number of methoxy groups -OCH3 is 1. The maximum atomic E-state index is 11.8. The van der Waals surface area contributed by atoms with Gasteiger partial charge in [-0.05, 0) is 33.6 Å². The number of esters is 1. The number of carboxylic acids is 1. The van der Waals surface area contributed by atoms with E-state index in [2.05, 4.69) is 4.74 Å². The summed E-state index contributed by atoms with van der Waals surface area (Å²) in [5.74, 6) is -1.64. The second-order valence-corrected chi connectivity index (χ2v) is 6.35. The predicted molar refractivity (Wildman–Crippen MR) is 85.1 cm³/mol. The molecule has 0 saturated carbocycles. The van der Waals surface area contributed by atoms with Crippen molar-refractivity contribution in [1.29, 1.82) is 0 Å². The number of nitrogens with zero attached hydrogens (tertiary/aromatic N) is 1. The maximum absolute atomic E-state index is 11.8. The Morgan fingerprint density at radius 3 is 2.22 bits per heavy atom. The van der Waals surface area contributed by atoms with Crippen molar-refractivity contribution in [1.82, 2.24) is 4.90 Å². The number of hydrogen-bond acceptors (Lipinski definition) is 5. The van der Waals surface area contributed by atoms with Crippen molar-refractivity contribution >= 4 is 18.0 Å². The van der Waals surface area contributed by atoms with Gasteiger partial charge >= 0.3 is 18.0 Å². The topological polar surface area (TPSA) is 93.1 Å². The van der Waals surface area contributed by atoms with Gasteiger partial charge in [0.15, 0.2) is 0 Å². The summed E-state index contributed by atoms with van der Waals surface area (Å²) in [6.07, 6.45) is 1.73. The van der Waals surface area contributed by atoms with Crippen LogP contribution in [0.2, 0.25) is 0 Å². The molecule has 23 heavy (non-hydrogen) atoms. The molecule has 0 aromatic rings. The van der Waals surface area contributed by atoms with Crippen molar-refractivity contribution in [2.24, 2.45) is 0 Å². The molecule has 1 amide bonds. The van der Waals surface area contributed by atoms with Crippen molar-refractivity contribution in [3.63, 3.8) is 0 Å². The Morgan fingerprint density at radius 1 is 1.17 bits per heavy atom. The van der Waals surface area contributed by atoms with E-state index in [4.69, 9.17) is 4.74 Å². The van der Waals surface area contributed by atoms with Gasteiger partial charge in [0, 0.05) is 13.0 Å². The van der Waals surface area contributed by atoms with E-state index in [1.807, 2.05) is 6.92 Å². The van der Waals surface area contributed by atoms with Gasteiger partial charge in [0.1, 0.15) is 11.6 Å². The largest absolute Gasteiger partial charge is 0.480 e. The monoisotopic (exact) mass is 331 g/mol. The minimum Gasteiger partial charge on any atom is -0.480 e. The van der Waals surface area contributed by atoms with Gasteiger partial charge in [-0.1, -0.05) is 19.8 Å². The highest BCUT2D eigenvalue weighted by molar-refractivity contribution is 5.81. The summed E-state index contributed by atoms with van der Waals surface area (Å²) in [6, 6.07) is -1.10. The highest BCUT2D eigenvalue weighted by Gasteiger charge is 2.31. The van der Waals surface area contributed by atoms with Crippen LogP contribution in [0.1, 0.15) is 59.8 Å². The SMILES string of the molecule is CCCCCN(C(=O)OC)C(CCC(=O)OC(C)(C)C)C(=O)O. The Morgan fingerprint density at radius 2 is 1.78 bits per heavy atom. The van der Waals surface area contributed by atoms with Crippen LogP contribution in [0, 0.1) is 0 Å². The van der Waals surface area contributed by atoms with Crippen LogP contribution in [-0.4, -0.2) is 53.3 Å². The lowest BCUT2D eigenvalue weighted by Gasteiger charge is -2.28. The van der Waals surface area contributed by atoms with E-state index in [1.54, 1.807) is 20.8 Å². The van der Waals surface area contributed by atoms with Gasteiger partial charge in [0.25, 0.3) is 0 Å². The number of carboxylic acid groups (broad SMARTS) is 1. The van der Waals surface area contributed by atoms with Crippen LogP contribution >= 0.6 is 0 Å². The number of rotatable bonds is 9. The Bertz CT molecular complexity index is 402. The molecular weight excluding hydrogens is 302 g/mol. The summed E-state index contributed by atoms with van der Waals surface area (Å²) in [5, 5.41) is 9.39. The van der Waals surface area contributed by atoms with Gasteiger partial charge in [-0.3, -0.25) is 9.69 Å². The molecule has 0 radical (unpaired) electrons. The Hall–Kier alpha value is -1.79. The van der Waals surface area contributed by atoms with Crippen molar-refractivity contribution in [2.75, 3.05) is 13.7 Å². The lowest BCUT2D eigenvalue weighted by atomic mass is 10.1. The summed E-state index contributed by atoms with van der Waals surface area (Å²) >= 11 is 0. The molecule has 0 aliphatic carbocycles. The molecule has 134 valence electrons. The van der Waals surface area contributed by atoms with E-state index in [-0.39, 0.29) is 19.4 Å². The molecule has 0 aromatic heterocycles. The van der Waals surface area contributed by atoms with Gasteiger partial charge < -0.3 is 14.6 Å². The number of amides is 1. The van der Waals surface area contributed by atoms with E-state index in [0.717, 1.165) is 12.8 Å². The van der Waals surface area contributed by atoms with Crippen LogP contribution in [0.3, 0.4) is 0 Å². The normalized spacial score (nSPS) is 12.4. The Labute approximate surface area is 137 Å². The standard InChI is InChI=1S/C16H29NO6/c1-6-7-8-11-17(15(21)22-5)12(14(19)20)9-10-13(18)23-16(2,3)4/h12H,6-11H2,1-5H3,(H,19,20). The minimum atomic E-state index is -1.16. The number of unbranched alkanes of at least 4 members (excludes halogenated alkanes) is 2. The first-order valence-corrected chi connectivity index (χ1v) is 7.91. The van der Waals surface area contributed by atoms with E-state index >= 15 is 0 Å². The molecule has 1 atom stereocenters. The number of ether oxygens (including phenoxy) is 2. The highest BCUT2D eigenvalue weighted by atomic mass is 16.6. The van der Waals surface area contributed by atoms with E-state index in [1.165, 1.54) is 12.0 Å². The van der Waals surface area contributed by atoms with E-state index in [9.17, 15) is 19.5 Å². The average molecular weight is 331 g/mol. The minimum absolute atomic E-state index is 0.00846. The molecule has 0 rings (SSSR count). The molecule has 0 aliphatic heterocycles. The highest BCUT2D eigenvalue weighted by Crippen LogP contribution is 2.15. The first-order chi connectivity index (χ1) is 10.6. The predicted octanol–water partition coefficient (Wildman–Crippen LogP) is 2.82. The molecule has 0 fully saturated rings. The summed E-state index contributed by atoms with van der Waals surface area (Å²) < 4.78 is 9.84. The molecule has 0 aliphatic rings. The van der Waals surface area contributed by atoms with Gasteiger partial charge in [0.2, 0.25) is 0 Å². The molecular formula is C16H29NO6. The lowest BCUT2D eigenvalue weighted by molar-refractivity contribution is -0.155. The van der Waals surface area contributed by atoms with E-state index in [0.29, 0.717) is 6.42 Å². The lowest BCUT2D eigenvalue weighted by Crippen LogP contribution is -2.46. The van der Waals surface area contributed by atoms with Crippen molar-refractivity contribution in [3.05, 3.63) is 0 Å². The fourth-order valence-corrected chi connectivity index (χ4v) is 2.08. The Balaban J connectivity index is 4.84. The maximum Gasteiger partial charge on any atom is 0.410 e. The number of hydrogen-bond donors (Lipinski definition) is 1. The zero-order valence-electron chi connectivity index (χ0n) is 14.8. The van der Waals surface area contributed by atoms with Crippen LogP contribution in [-0.2, 0) is 19.1 Å². The van der Waals surface area contributed by atoms with Crippen LogP contribution < -0.4 is 0 Å². The molecule has 0 heterocycles. The van der Waals surface area contributed by atoms with Gasteiger partial charge in [-0.15, -0.1) is 0 Å². The van der Waals surface area contributed by atoms with Crippen LogP contribution in [0.25, 0.3) is 0 Å².